The molecule has 2 rings (SSSR count). The number of likely N-dealkylation sites (tertiary alicyclic amines) is 1. The second kappa shape index (κ2) is 6.17. The Morgan fingerprint density at radius 3 is 2.44 bits per heavy atom. The van der Waals surface area contributed by atoms with Crippen LogP contribution in [0.25, 0.3) is 0 Å². The minimum Gasteiger partial charge on any atom is -0.284 e. The summed E-state index contributed by atoms with van der Waals surface area (Å²) in [5, 5.41) is 9.69. The molecule has 2 nitrogen and oxygen atoms in total. The van der Waals surface area contributed by atoms with Crippen LogP contribution >= 0.6 is 11.6 Å². The highest BCUT2D eigenvalue weighted by Gasteiger charge is 2.25. The predicted molar refractivity (Wildman–Crippen MR) is 69.8 cm³/mol. The lowest BCUT2D eigenvalue weighted by molar-refractivity contribution is 0.241. The van der Waals surface area contributed by atoms with Crippen LogP contribution in [-0.4, -0.2) is 18.0 Å². The number of hydrogen-bond donors (Lipinski definition) is 0. The van der Waals surface area contributed by atoms with Crippen LogP contribution in [0.2, 0.25) is 5.02 Å². The number of nitriles is 1. The van der Waals surface area contributed by atoms with Gasteiger partial charge in [0.1, 0.15) is 11.9 Å². The molecule has 1 heterocycles. The van der Waals surface area contributed by atoms with Gasteiger partial charge in [0.15, 0.2) is 0 Å². The highest BCUT2D eigenvalue weighted by Crippen LogP contribution is 2.31. The van der Waals surface area contributed by atoms with Crippen LogP contribution in [0.3, 0.4) is 0 Å². The van der Waals surface area contributed by atoms with Gasteiger partial charge in [0, 0.05) is 10.6 Å². The molecule has 0 aliphatic carbocycles. The van der Waals surface area contributed by atoms with Gasteiger partial charge in [0.05, 0.1) is 6.07 Å². The molecule has 1 fully saturated rings. The molecule has 0 N–H and O–H groups in total. The van der Waals surface area contributed by atoms with E-state index in [4.69, 9.17) is 11.6 Å². The summed E-state index contributed by atoms with van der Waals surface area (Å²) in [6.45, 7) is 1.67. The van der Waals surface area contributed by atoms with Crippen LogP contribution in [0.5, 0.6) is 0 Å². The van der Waals surface area contributed by atoms with Crippen molar-refractivity contribution >= 4 is 11.6 Å². The largest absolute Gasteiger partial charge is 0.284 e. The van der Waals surface area contributed by atoms with E-state index in [-0.39, 0.29) is 0 Å². The van der Waals surface area contributed by atoms with Crippen molar-refractivity contribution in [1.29, 1.82) is 5.26 Å². The van der Waals surface area contributed by atoms with Crippen molar-refractivity contribution in [1.82, 2.24) is 4.90 Å². The molecule has 4 heteroatoms. The second-order valence-corrected chi connectivity index (χ2v) is 5.02. The third-order valence-corrected chi connectivity index (χ3v) is 3.73. The van der Waals surface area contributed by atoms with Crippen molar-refractivity contribution in [3.8, 4) is 6.07 Å². The minimum absolute atomic E-state index is 0.323. The maximum atomic E-state index is 13.9. The zero-order chi connectivity index (χ0) is 13.0. The first kappa shape index (κ1) is 13.3. The fourth-order valence-electron chi connectivity index (χ4n) is 2.45. The molecular weight excluding hydrogens is 251 g/mol. The molecule has 0 bridgehead atoms. The van der Waals surface area contributed by atoms with Gasteiger partial charge in [-0.15, -0.1) is 0 Å². The highest BCUT2D eigenvalue weighted by molar-refractivity contribution is 6.31. The molecule has 1 unspecified atom stereocenters. The van der Waals surface area contributed by atoms with Crippen LogP contribution in [-0.2, 0) is 0 Å². The molecule has 1 aromatic carbocycles. The Hall–Kier alpha value is -1.11. The van der Waals surface area contributed by atoms with Crippen molar-refractivity contribution in [2.75, 3.05) is 13.1 Å². The van der Waals surface area contributed by atoms with Crippen LogP contribution in [0.4, 0.5) is 4.39 Å². The number of halogens is 2. The van der Waals surface area contributed by atoms with Crippen LogP contribution in [0, 0.1) is 17.1 Å². The van der Waals surface area contributed by atoms with E-state index in [0.29, 0.717) is 10.6 Å². The Balaban J connectivity index is 2.30. The van der Waals surface area contributed by atoms with E-state index in [2.05, 4.69) is 6.07 Å². The van der Waals surface area contributed by atoms with Gasteiger partial charge < -0.3 is 0 Å². The zero-order valence-corrected chi connectivity index (χ0v) is 11.0. The number of rotatable bonds is 2. The van der Waals surface area contributed by atoms with Gasteiger partial charge in [0.2, 0.25) is 0 Å². The third-order valence-electron chi connectivity index (χ3n) is 3.40. The SMILES string of the molecule is N#CC(c1c(F)cccc1Cl)N1CCCCCC1. The Bertz CT molecular complexity index is 427. The van der Waals surface area contributed by atoms with Crippen molar-refractivity contribution in [2.24, 2.45) is 0 Å². The summed E-state index contributed by atoms with van der Waals surface area (Å²) in [7, 11) is 0. The molecule has 1 saturated heterocycles. The fourth-order valence-corrected chi connectivity index (χ4v) is 2.72. The molecule has 96 valence electrons. The summed E-state index contributed by atoms with van der Waals surface area (Å²) in [6.07, 6.45) is 4.48. The zero-order valence-electron chi connectivity index (χ0n) is 10.2. The molecule has 0 spiro atoms. The van der Waals surface area contributed by atoms with Gasteiger partial charge in [-0.1, -0.05) is 30.5 Å². The quantitative estimate of drug-likeness (QED) is 0.811. The molecule has 0 saturated carbocycles. The van der Waals surface area contributed by atoms with E-state index in [1.165, 1.54) is 18.9 Å². The van der Waals surface area contributed by atoms with E-state index >= 15 is 0 Å². The lowest BCUT2D eigenvalue weighted by atomic mass is 10.1. The molecule has 0 radical (unpaired) electrons. The van der Waals surface area contributed by atoms with E-state index in [1.54, 1.807) is 12.1 Å². The summed E-state index contributed by atoms with van der Waals surface area (Å²) in [5.74, 6) is -0.390. The first-order valence-electron chi connectivity index (χ1n) is 6.31. The molecule has 18 heavy (non-hydrogen) atoms. The summed E-state index contributed by atoms with van der Waals surface area (Å²) in [4.78, 5) is 2.04. The predicted octanol–water partition coefficient (Wildman–Crippen LogP) is 3.92. The fraction of sp³-hybridized carbons (Fsp3) is 0.500. The standard InChI is InChI=1S/C14H16ClFN2/c15-11-6-5-7-12(16)14(11)13(10-17)18-8-3-1-2-4-9-18/h5-7,13H,1-4,8-9H2. The van der Waals surface area contributed by atoms with Crippen LogP contribution < -0.4 is 0 Å². The Morgan fingerprint density at radius 1 is 1.22 bits per heavy atom. The Kier molecular flexibility index (Phi) is 4.57. The maximum Gasteiger partial charge on any atom is 0.130 e. The van der Waals surface area contributed by atoms with Gasteiger partial charge in [-0.2, -0.15) is 5.26 Å². The second-order valence-electron chi connectivity index (χ2n) is 4.62. The van der Waals surface area contributed by atoms with E-state index < -0.39 is 11.9 Å². The summed E-state index contributed by atoms with van der Waals surface area (Å²) in [5.41, 5.74) is 0.323. The van der Waals surface area contributed by atoms with Gasteiger partial charge in [0.25, 0.3) is 0 Å². The smallest absolute Gasteiger partial charge is 0.130 e. The monoisotopic (exact) mass is 266 g/mol. The third kappa shape index (κ3) is 2.82. The van der Waals surface area contributed by atoms with Gasteiger partial charge in [-0.3, -0.25) is 4.90 Å². The lowest BCUT2D eigenvalue weighted by Crippen LogP contribution is -2.29. The molecule has 1 aliphatic rings. The summed E-state index contributed by atoms with van der Waals surface area (Å²) < 4.78 is 13.9. The Labute approximate surface area is 112 Å². The first-order valence-corrected chi connectivity index (χ1v) is 6.69. The number of hydrogen-bond acceptors (Lipinski definition) is 2. The molecule has 0 amide bonds. The Morgan fingerprint density at radius 2 is 1.89 bits per heavy atom. The summed E-state index contributed by atoms with van der Waals surface area (Å²) in [6, 6.07) is 6.20. The van der Waals surface area contributed by atoms with Gasteiger partial charge in [-0.05, 0) is 38.1 Å². The minimum atomic E-state index is -0.572. The van der Waals surface area contributed by atoms with Crippen molar-refractivity contribution in [2.45, 2.75) is 31.7 Å². The van der Waals surface area contributed by atoms with E-state index in [0.717, 1.165) is 25.9 Å². The molecule has 0 aromatic heterocycles. The average molecular weight is 267 g/mol. The summed E-state index contributed by atoms with van der Waals surface area (Å²) >= 11 is 6.05. The van der Waals surface area contributed by atoms with Crippen LogP contribution in [0.1, 0.15) is 37.3 Å². The first-order chi connectivity index (χ1) is 8.74. The van der Waals surface area contributed by atoms with Crippen molar-refractivity contribution in [3.05, 3.63) is 34.6 Å². The van der Waals surface area contributed by atoms with Gasteiger partial charge >= 0.3 is 0 Å². The maximum absolute atomic E-state index is 13.9. The van der Waals surface area contributed by atoms with E-state index in [1.807, 2.05) is 4.90 Å². The van der Waals surface area contributed by atoms with Crippen molar-refractivity contribution in [3.63, 3.8) is 0 Å². The van der Waals surface area contributed by atoms with Gasteiger partial charge in [-0.25, -0.2) is 4.39 Å². The lowest BCUT2D eigenvalue weighted by Gasteiger charge is -2.26. The molecule has 1 aliphatic heterocycles. The van der Waals surface area contributed by atoms with E-state index in [9.17, 15) is 9.65 Å². The number of nitrogens with zero attached hydrogens (tertiary/aromatic N) is 2. The topological polar surface area (TPSA) is 27.0 Å². The molecular formula is C14H16ClFN2. The highest BCUT2D eigenvalue weighted by atomic mass is 35.5. The van der Waals surface area contributed by atoms with Crippen molar-refractivity contribution < 1.29 is 4.39 Å². The molecule has 1 atom stereocenters. The normalized spacial score (nSPS) is 18.9. The van der Waals surface area contributed by atoms with Crippen LogP contribution in [0.15, 0.2) is 18.2 Å². The number of benzene rings is 1. The average Bonchev–Trinajstić information content (AvgIpc) is 2.63. The molecule has 1 aromatic rings.